The second kappa shape index (κ2) is 4.75. The predicted molar refractivity (Wildman–Crippen MR) is 55.7 cm³/mol. The minimum Gasteiger partial charge on any atom is -0.394 e. The van der Waals surface area contributed by atoms with Crippen molar-refractivity contribution >= 4 is 5.91 Å². The monoisotopic (exact) mass is 210 g/mol. The molecular formula is C10H14N2O3. The molecule has 1 aromatic heterocycles. The predicted octanol–water partition coefficient (Wildman–Crippen LogP) is -0.172. The number of hydrogen-bond donors (Lipinski definition) is 2. The van der Waals surface area contributed by atoms with Gasteiger partial charge in [-0.05, 0) is 19.1 Å². The van der Waals surface area contributed by atoms with E-state index in [1.165, 1.54) is 17.2 Å². The van der Waals surface area contributed by atoms with Crippen LogP contribution < -0.4 is 5.56 Å². The number of likely N-dealkylation sites (N-methyl/N-ethyl adjacent to an activating group) is 1. The Kier molecular flexibility index (Phi) is 3.62. The van der Waals surface area contributed by atoms with E-state index in [9.17, 15) is 9.59 Å². The van der Waals surface area contributed by atoms with Gasteiger partial charge in [-0.3, -0.25) is 9.59 Å². The number of carbonyl (C=O) groups excluding carboxylic acids is 1. The molecule has 15 heavy (non-hydrogen) atoms. The van der Waals surface area contributed by atoms with Crippen LogP contribution in [-0.2, 0) is 0 Å². The maximum Gasteiger partial charge on any atom is 0.260 e. The molecule has 0 aromatic carbocycles. The fraction of sp³-hybridized carbons (Fsp3) is 0.400. The number of rotatable bonds is 3. The van der Waals surface area contributed by atoms with Crippen LogP contribution >= 0.6 is 0 Å². The topological polar surface area (TPSA) is 73.4 Å². The van der Waals surface area contributed by atoms with Crippen molar-refractivity contribution in [3.05, 3.63) is 34.2 Å². The summed E-state index contributed by atoms with van der Waals surface area (Å²) in [6.45, 7) is 1.57. The van der Waals surface area contributed by atoms with E-state index in [0.29, 0.717) is 0 Å². The molecule has 0 fully saturated rings. The molecule has 0 aliphatic carbocycles. The van der Waals surface area contributed by atoms with Gasteiger partial charge in [0.25, 0.3) is 11.5 Å². The Morgan fingerprint density at radius 3 is 2.87 bits per heavy atom. The minimum absolute atomic E-state index is 0.0836. The number of amides is 1. The van der Waals surface area contributed by atoms with E-state index < -0.39 is 11.5 Å². The number of pyridine rings is 1. The summed E-state index contributed by atoms with van der Waals surface area (Å²) >= 11 is 0. The second-order valence-electron chi connectivity index (χ2n) is 3.36. The van der Waals surface area contributed by atoms with Gasteiger partial charge in [-0.25, -0.2) is 0 Å². The van der Waals surface area contributed by atoms with Crippen LogP contribution in [0.2, 0.25) is 0 Å². The quantitative estimate of drug-likeness (QED) is 0.727. The Morgan fingerprint density at radius 2 is 2.33 bits per heavy atom. The molecule has 0 aliphatic heterocycles. The van der Waals surface area contributed by atoms with Gasteiger partial charge in [-0.15, -0.1) is 0 Å². The summed E-state index contributed by atoms with van der Waals surface area (Å²) in [6.07, 6.45) is 1.47. The lowest BCUT2D eigenvalue weighted by atomic mass is 10.2. The van der Waals surface area contributed by atoms with Crippen molar-refractivity contribution in [2.75, 3.05) is 13.7 Å². The molecular weight excluding hydrogens is 196 g/mol. The first-order valence-electron chi connectivity index (χ1n) is 4.63. The molecule has 1 heterocycles. The zero-order chi connectivity index (χ0) is 11.4. The van der Waals surface area contributed by atoms with Gasteiger partial charge in [0.05, 0.1) is 12.6 Å². The fourth-order valence-electron chi connectivity index (χ4n) is 1.10. The summed E-state index contributed by atoms with van der Waals surface area (Å²) in [5.74, 6) is -0.390. The van der Waals surface area contributed by atoms with Crippen molar-refractivity contribution < 1.29 is 9.90 Å². The van der Waals surface area contributed by atoms with Crippen LogP contribution in [0, 0.1) is 0 Å². The zero-order valence-corrected chi connectivity index (χ0v) is 8.73. The van der Waals surface area contributed by atoms with Gasteiger partial charge in [0.15, 0.2) is 0 Å². The summed E-state index contributed by atoms with van der Waals surface area (Å²) < 4.78 is 0. The number of H-pyrrole nitrogens is 1. The summed E-state index contributed by atoms with van der Waals surface area (Å²) in [4.78, 5) is 26.8. The van der Waals surface area contributed by atoms with Gasteiger partial charge < -0.3 is 15.0 Å². The highest BCUT2D eigenvalue weighted by Gasteiger charge is 2.18. The highest BCUT2D eigenvalue weighted by Crippen LogP contribution is 2.01. The molecule has 5 nitrogen and oxygen atoms in total. The first kappa shape index (κ1) is 11.5. The van der Waals surface area contributed by atoms with Crippen molar-refractivity contribution in [3.63, 3.8) is 0 Å². The molecule has 1 amide bonds. The van der Waals surface area contributed by atoms with E-state index in [4.69, 9.17) is 5.11 Å². The van der Waals surface area contributed by atoms with Gasteiger partial charge in [0.2, 0.25) is 0 Å². The van der Waals surface area contributed by atoms with E-state index in [2.05, 4.69) is 4.98 Å². The second-order valence-corrected chi connectivity index (χ2v) is 3.36. The average Bonchev–Trinajstić information content (AvgIpc) is 2.26. The molecule has 0 aliphatic rings. The van der Waals surface area contributed by atoms with Gasteiger partial charge in [-0.2, -0.15) is 0 Å². The highest BCUT2D eigenvalue weighted by molar-refractivity contribution is 5.93. The molecule has 2 N–H and O–H groups in total. The number of aromatic amines is 1. The average molecular weight is 210 g/mol. The first-order valence-corrected chi connectivity index (χ1v) is 4.63. The van der Waals surface area contributed by atoms with Crippen LogP contribution in [0.3, 0.4) is 0 Å². The normalized spacial score (nSPS) is 12.2. The Balaban J connectivity index is 2.95. The Morgan fingerprint density at radius 1 is 1.67 bits per heavy atom. The molecule has 1 rings (SSSR count). The Bertz CT molecular complexity index is 400. The van der Waals surface area contributed by atoms with Gasteiger partial charge in [0, 0.05) is 13.2 Å². The fourth-order valence-corrected chi connectivity index (χ4v) is 1.10. The van der Waals surface area contributed by atoms with E-state index in [-0.39, 0.29) is 18.2 Å². The molecule has 1 aromatic rings. The number of carbonyl (C=O) groups is 1. The van der Waals surface area contributed by atoms with Gasteiger partial charge >= 0.3 is 0 Å². The van der Waals surface area contributed by atoms with Crippen molar-refractivity contribution in [3.8, 4) is 0 Å². The van der Waals surface area contributed by atoms with Crippen molar-refractivity contribution in [2.45, 2.75) is 13.0 Å². The first-order chi connectivity index (χ1) is 7.07. The Hall–Kier alpha value is -1.62. The summed E-state index contributed by atoms with van der Waals surface area (Å²) in [5, 5.41) is 8.89. The maximum absolute atomic E-state index is 11.8. The number of nitrogens with one attached hydrogen (secondary N) is 1. The lowest BCUT2D eigenvalue weighted by Gasteiger charge is -2.22. The van der Waals surface area contributed by atoms with E-state index in [1.807, 2.05) is 0 Å². The van der Waals surface area contributed by atoms with E-state index >= 15 is 0 Å². The third-order valence-electron chi connectivity index (χ3n) is 2.29. The van der Waals surface area contributed by atoms with Gasteiger partial charge in [0.1, 0.15) is 5.56 Å². The highest BCUT2D eigenvalue weighted by atomic mass is 16.3. The van der Waals surface area contributed by atoms with Gasteiger partial charge in [-0.1, -0.05) is 0 Å². The molecule has 1 atom stereocenters. The molecule has 0 radical (unpaired) electrons. The smallest absolute Gasteiger partial charge is 0.260 e. The molecule has 0 saturated carbocycles. The summed E-state index contributed by atoms with van der Waals surface area (Å²) in [7, 11) is 1.55. The zero-order valence-electron chi connectivity index (χ0n) is 8.73. The third kappa shape index (κ3) is 2.44. The largest absolute Gasteiger partial charge is 0.394 e. The third-order valence-corrected chi connectivity index (χ3v) is 2.29. The minimum atomic E-state index is -0.417. The van der Waals surface area contributed by atoms with Crippen LogP contribution in [0.5, 0.6) is 0 Å². The lowest BCUT2D eigenvalue weighted by molar-refractivity contribution is 0.0680. The van der Waals surface area contributed by atoms with E-state index in [0.717, 1.165) is 0 Å². The molecule has 1 unspecified atom stereocenters. The number of hydrogen-bond acceptors (Lipinski definition) is 3. The van der Waals surface area contributed by atoms with Crippen LogP contribution in [0.4, 0.5) is 0 Å². The van der Waals surface area contributed by atoms with Crippen molar-refractivity contribution in [1.82, 2.24) is 9.88 Å². The standard InChI is InChI=1S/C10H14N2O3/c1-7(6-13)12(2)10(15)8-4-3-5-11-9(8)14/h3-5,7,13H,6H2,1-2H3,(H,11,14). The van der Waals surface area contributed by atoms with Crippen molar-refractivity contribution in [1.29, 1.82) is 0 Å². The lowest BCUT2D eigenvalue weighted by Crippen LogP contribution is -2.39. The summed E-state index contributed by atoms with van der Waals surface area (Å²) in [6, 6.07) is 2.74. The summed E-state index contributed by atoms with van der Waals surface area (Å²) in [5.41, 5.74) is -0.334. The SMILES string of the molecule is CC(CO)N(C)C(=O)c1ccc[nH]c1=O. The molecule has 0 bridgehead atoms. The number of nitrogens with zero attached hydrogens (tertiary/aromatic N) is 1. The number of aliphatic hydroxyl groups excluding tert-OH is 1. The van der Waals surface area contributed by atoms with Crippen LogP contribution in [0.25, 0.3) is 0 Å². The number of aliphatic hydroxyl groups is 1. The van der Waals surface area contributed by atoms with Crippen LogP contribution in [0.1, 0.15) is 17.3 Å². The molecule has 5 heteroatoms. The Labute approximate surface area is 87.4 Å². The maximum atomic E-state index is 11.8. The molecule has 82 valence electrons. The van der Waals surface area contributed by atoms with Crippen molar-refractivity contribution in [2.24, 2.45) is 0 Å². The van der Waals surface area contributed by atoms with Crippen LogP contribution in [-0.4, -0.2) is 40.6 Å². The molecule has 0 saturated heterocycles. The van der Waals surface area contributed by atoms with Crippen LogP contribution in [0.15, 0.2) is 23.1 Å². The van der Waals surface area contributed by atoms with E-state index in [1.54, 1.807) is 20.0 Å². The number of aromatic nitrogens is 1. The molecule has 0 spiro atoms.